The van der Waals surface area contributed by atoms with Crippen molar-refractivity contribution < 1.29 is 28.3 Å². The lowest BCUT2D eigenvalue weighted by Gasteiger charge is -2.24. The summed E-state index contributed by atoms with van der Waals surface area (Å²) in [6.45, 7) is 2.68. The number of hydrogen-bond donors (Lipinski definition) is 2. The summed E-state index contributed by atoms with van der Waals surface area (Å²) < 4.78 is 34.7. The molecular formula is C19H22F2N4O4. The van der Waals surface area contributed by atoms with Crippen LogP contribution in [0.4, 0.5) is 25.0 Å². The second-order valence-corrected chi connectivity index (χ2v) is 7.74. The SMILES string of the molecule is CC(=O)NC[C@H]1CN(c2cc(F)c(N3C[C@@H]4C(CC=NO)[C@@H]4C3)c(F)c2)C(=O)O1. The molecule has 1 saturated carbocycles. The number of carbonyl (C=O) groups is 2. The lowest BCUT2D eigenvalue weighted by Crippen LogP contribution is -2.33. The summed E-state index contributed by atoms with van der Waals surface area (Å²) in [5.74, 6) is -0.632. The summed E-state index contributed by atoms with van der Waals surface area (Å²) in [5, 5.41) is 14.1. The van der Waals surface area contributed by atoms with Crippen LogP contribution in [0.25, 0.3) is 0 Å². The van der Waals surface area contributed by atoms with Gasteiger partial charge >= 0.3 is 6.09 Å². The number of ether oxygens (including phenoxy) is 1. The molecule has 0 radical (unpaired) electrons. The first-order valence-corrected chi connectivity index (χ1v) is 9.51. The Kier molecular flexibility index (Phi) is 5.01. The minimum atomic E-state index is -0.729. The van der Waals surface area contributed by atoms with E-state index in [4.69, 9.17) is 9.94 Å². The van der Waals surface area contributed by atoms with Gasteiger partial charge in [-0.05, 0) is 24.2 Å². The molecule has 1 aromatic rings. The smallest absolute Gasteiger partial charge is 0.414 e. The minimum absolute atomic E-state index is 0.0838. The highest BCUT2D eigenvalue weighted by Gasteiger charge is 2.55. The molecule has 2 saturated heterocycles. The van der Waals surface area contributed by atoms with Crippen molar-refractivity contribution in [3.63, 3.8) is 0 Å². The summed E-state index contributed by atoms with van der Waals surface area (Å²) in [7, 11) is 0. The molecule has 0 bridgehead atoms. The molecule has 29 heavy (non-hydrogen) atoms. The summed E-state index contributed by atoms with van der Waals surface area (Å²) in [4.78, 5) is 25.9. The van der Waals surface area contributed by atoms with Crippen LogP contribution in [0.1, 0.15) is 13.3 Å². The fraction of sp³-hybridized carbons (Fsp3) is 0.526. The zero-order valence-electron chi connectivity index (χ0n) is 15.8. The van der Waals surface area contributed by atoms with Crippen LogP contribution in [0.3, 0.4) is 0 Å². The number of nitrogens with zero attached hydrogens (tertiary/aromatic N) is 3. The van der Waals surface area contributed by atoms with Gasteiger partial charge in [0.15, 0.2) is 11.6 Å². The monoisotopic (exact) mass is 408 g/mol. The highest BCUT2D eigenvalue weighted by molar-refractivity contribution is 5.90. The molecule has 1 aromatic carbocycles. The number of nitrogens with one attached hydrogen (secondary N) is 1. The van der Waals surface area contributed by atoms with Crippen LogP contribution in [0.15, 0.2) is 17.3 Å². The second-order valence-electron chi connectivity index (χ2n) is 7.74. The Morgan fingerprint density at radius 3 is 2.55 bits per heavy atom. The number of cyclic esters (lactones) is 1. The predicted molar refractivity (Wildman–Crippen MR) is 100 cm³/mol. The molecule has 156 valence electrons. The van der Waals surface area contributed by atoms with Gasteiger partial charge in [-0.15, -0.1) is 5.16 Å². The molecule has 2 heterocycles. The normalized spacial score (nSPS) is 28.0. The first-order valence-electron chi connectivity index (χ1n) is 9.51. The van der Waals surface area contributed by atoms with Crippen molar-refractivity contribution >= 4 is 29.6 Å². The average Bonchev–Trinajstić information content (AvgIpc) is 2.99. The van der Waals surface area contributed by atoms with Crippen molar-refractivity contribution in [3.8, 4) is 0 Å². The lowest BCUT2D eigenvalue weighted by molar-refractivity contribution is -0.119. The molecule has 1 aliphatic carbocycles. The van der Waals surface area contributed by atoms with Crippen LogP contribution in [-0.4, -0.2) is 55.7 Å². The van der Waals surface area contributed by atoms with E-state index >= 15 is 0 Å². The first kappa shape index (κ1) is 19.4. The molecule has 10 heteroatoms. The summed E-state index contributed by atoms with van der Waals surface area (Å²) in [6, 6.07) is 2.28. The van der Waals surface area contributed by atoms with Gasteiger partial charge in [-0.1, -0.05) is 0 Å². The topological polar surface area (TPSA) is 94.5 Å². The van der Waals surface area contributed by atoms with Gasteiger partial charge < -0.3 is 20.2 Å². The largest absolute Gasteiger partial charge is 0.442 e. The Morgan fingerprint density at radius 2 is 1.97 bits per heavy atom. The van der Waals surface area contributed by atoms with Crippen molar-refractivity contribution in [3.05, 3.63) is 23.8 Å². The number of oxime groups is 1. The number of carbonyl (C=O) groups excluding carboxylic acids is 2. The van der Waals surface area contributed by atoms with Gasteiger partial charge in [0.25, 0.3) is 0 Å². The highest BCUT2D eigenvalue weighted by atomic mass is 19.1. The number of anilines is 2. The number of hydrogen-bond acceptors (Lipinski definition) is 6. The maximum Gasteiger partial charge on any atom is 0.414 e. The van der Waals surface area contributed by atoms with E-state index < -0.39 is 23.8 Å². The average molecular weight is 408 g/mol. The summed E-state index contributed by atoms with van der Waals surface area (Å²) in [5.41, 5.74) is -0.00153. The fourth-order valence-corrected chi connectivity index (χ4v) is 4.46. The molecule has 0 spiro atoms. The number of rotatable bonds is 6. The van der Waals surface area contributed by atoms with Gasteiger partial charge in [0.1, 0.15) is 11.8 Å². The molecule has 4 rings (SSSR count). The molecule has 3 fully saturated rings. The van der Waals surface area contributed by atoms with E-state index in [0.29, 0.717) is 37.3 Å². The Morgan fingerprint density at radius 1 is 1.31 bits per heavy atom. The Labute approximate surface area is 166 Å². The van der Waals surface area contributed by atoms with Crippen LogP contribution in [0, 0.1) is 29.4 Å². The zero-order valence-corrected chi connectivity index (χ0v) is 15.8. The third-order valence-corrected chi connectivity index (χ3v) is 5.91. The Balaban J connectivity index is 1.43. The van der Waals surface area contributed by atoms with Crippen molar-refractivity contribution in [2.45, 2.75) is 19.4 Å². The first-order chi connectivity index (χ1) is 13.9. The molecule has 0 aromatic heterocycles. The molecule has 2 N–H and O–H groups in total. The van der Waals surface area contributed by atoms with E-state index in [2.05, 4.69) is 10.5 Å². The molecule has 8 nitrogen and oxygen atoms in total. The van der Waals surface area contributed by atoms with Crippen LogP contribution < -0.4 is 15.1 Å². The molecule has 2 aliphatic heterocycles. The zero-order chi connectivity index (χ0) is 20.7. The van der Waals surface area contributed by atoms with E-state index in [0.717, 1.165) is 17.0 Å². The van der Waals surface area contributed by atoms with Gasteiger partial charge in [0, 0.05) is 38.4 Å². The van der Waals surface area contributed by atoms with Crippen molar-refractivity contribution in [1.29, 1.82) is 0 Å². The highest BCUT2D eigenvalue weighted by Crippen LogP contribution is 2.54. The van der Waals surface area contributed by atoms with Crippen LogP contribution >= 0.6 is 0 Å². The number of benzene rings is 1. The standard InChI is InChI=1S/C19H22F2N4O4/c1-10(26)22-6-12-7-25(19(27)29-12)11-4-16(20)18(17(21)5-11)24-8-14-13(2-3-23-28)15(14)9-24/h3-5,12-15,28H,2,6-9H2,1H3,(H,22,26)/t12-,13?,14-,15+/m0/s1. The fourth-order valence-electron chi connectivity index (χ4n) is 4.46. The van der Waals surface area contributed by atoms with E-state index in [-0.39, 0.29) is 30.4 Å². The van der Waals surface area contributed by atoms with Gasteiger partial charge in [0.05, 0.1) is 18.8 Å². The van der Waals surface area contributed by atoms with Crippen molar-refractivity contribution in [2.24, 2.45) is 22.9 Å². The van der Waals surface area contributed by atoms with Gasteiger partial charge in [-0.2, -0.15) is 0 Å². The molecule has 3 aliphatic rings. The van der Waals surface area contributed by atoms with E-state index in [1.165, 1.54) is 13.1 Å². The minimum Gasteiger partial charge on any atom is -0.442 e. The maximum absolute atomic E-state index is 14.8. The summed E-state index contributed by atoms with van der Waals surface area (Å²) in [6.07, 6.45) is 0.836. The van der Waals surface area contributed by atoms with E-state index in [1.807, 2.05) is 0 Å². The molecular weight excluding hydrogens is 386 g/mol. The predicted octanol–water partition coefficient (Wildman–Crippen LogP) is 1.96. The third kappa shape index (κ3) is 3.70. The molecule has 4 atom stereocenters. The van der Waals surface area contributed by atoms with Crippen LogP contribution in [-0.2, 0) is 9.53 Å². The van der Waals surface area contributed by atoms with Crippen molar-refractivity contribution in [2.75, 3.05) is 36.0 Å². The van der Waals surface area contributed by atoms with Gasteiger partial charge in [0.2, 0.25) is 5.91 Å². The molecule has 2 amide bonds. The third-order valence-electron chi connectivity index (χ3n) is 5.91. The quantitative estimate of drug-likeness (QED) is 0.426. The van der Waals surface area contributed by atoms with E-state index in [9.17, 15) is 18.4 Å². The lowest BCUT2D eigenvalue weighted by atomic mass is 10.1. The Hall–Kier alpha value is -2.91. The number of amides is 2. The number of fused-ring (bicyclic) bond motifs is 1. The number of halogens is 2. The summed E-state index contributed by atoms with van der Waals surface area (Å²) >= 11 is 0. The Bertz CT molecular complexity index is 830. The van der Waals surface area contributed by atoms with Crippen molar-refractivity contribution in [1.82, 2.24) is 5.32 Å². The maximum atomic E-state index is 14.8. The van der Waals surface area contributed by atoms with E-state index in [1.54, 1.807) is 4.90 Å². The van der Waals surface area contributed by atoms with Crippen LogP contribution in [0.5, 0.6) is 0 Å². The molecule has 1 unspecified atom stereocenters. The number of piperidine rings is 1. The van der Waals surface area contributed by atoms with Gasteiger partial charge in [-0.3, -0.25) is 9.69 Å². The van der Waals surface area contributed by atoms with Crippen LogP contribution in [0.2, 0.25) is 0 Å². The van der Waals surface area contributed by atoms with Gasteiger partial charge in [-0.25, -0.2) is 13.6 Å². The second kappa shape index (κ2) is 7.49.